The summed E-state index contributed by atoms with van der Waals surface area (Å²) >= 11 is 0. The molecule has 1 saturated carbocycles. The lowest BCUT2D eigenvalue weighted by atomic mass is 9.92. The van der Waals surface area contributed by atoms with Crippen molar-refractivity contribution in [1.29, 1.82) is 0 Å². The molecule has 0 bridgehead atoms. The molecule has 1 saturated heterocycles. The molecular formula is C18H27ClN2O3. The second-order valence-corrected chi connectivity index (χ2v) is 6.60. The van der Waals surface area contributed by atoms with Crippen LogP contribution in [0.1, 0.15) is 24.8 Å². The number of nitrogens with one attached hydrogen (secondary N) is 2. The first-order chi connectivity index (χ1) is 11.2. The standard InChI is InChI=1S/C18H26N2O3.ClH/c1-22-15-4-3-13(11-16(15)23-2)5-8-20-17(21)14-12-18(14)6-9-19-10-7-18;/h3-4,11,14,19H,5-10,12H2,1-2H3,(H,20,21);1H. The average Bonchev–Trinajstić information content (AvgIpc) is 3.28. The summed E-state index contributed by atoms with van der Waals surface area (Å²) in [5.41, 5.74) is 1.44. The Morgan fingerprint density at radius 3 is 2.62 bits per heavy atom. The molecule has 1 atom stereocenters. The Bertz CT molecular complexity index is 573. The number of halogens is 1. The molecule has 1 spiro atoms. The van der Waals surface area contributed by atoms with Crippen molar-refractivity contribution in [2.24, 2.45) is 11.3 Å². The highest BCUT2D eigenvalue weighted by molar-refractivity contribution is 5.85. The molecule has 1 aromatic rings. The first-order valence-corrected chi connectivity index (χ1v) is 8.38. The minimum Gasteiger partial charge on any atom is -0.493 e. The number of hydrogen-bond donors (Lipinski definition) is 2. The van der Waals surface area contributed by atoms with Crippen LogP contribution in [0.25, 0.3) is 0 Å². The van der Waals surface area contributed by atoms with Gasteiger partial charge in [-0.05, 0) is 61.9 Å². The van der Waals surface area contributed by atoms with E-state index in [1.54, 1.807) is 14.2 Å². The molecule has 1 aliphatic carbocycles. The molecule has 2 N–H and O–H groups in total. The summed E-state index contributed by atoms with van der Waals surface area (Å²) in [6, 6.07) is 5.89. The van der Waals surface area contributed by atoms with Gasteiger partial charge in [-0.2, -0.15) is 0 Å². The first kappa shape index (κ1) is 18.9. The Kier molecular flexibility index (Phi) is 6.35. The number of hydrogen-bond acceptors (Lipinski definition) is 4. The Hall–Kier alpha value is -1.46. The van der Waals surface area contributed by atoms with E-state index in [1.165, 1.54) is 0 Å². The topological polar surface area (TPSA) is 59.6 Å². The molecule has 1 heterocycles. The maximum absolute atomic E-state index is 12.3. The number of carbonyl (C=O) groups excluding carboxylic acids is 1. The van der Waals surface area contributed by atoms with Crippen LogP contribution < -0.4 is 20.1 Å². The van der Waals surface area contributed by atoms with E-state index in [4.69, 9.17) is 9.47 Å². The van der Waals surface area contributed by atoms with Crippen LogP contribution in [0, 0.1) is 11.3 Å². The minimum atomic E-state index is 0. The predicted octanol–water partition coefficient (Wildman–Crippen LogP) is 2.17. The third kappa shape index (κ3) is 3.95. The third-order valence-corrected chi connectivity index (χ3v) is 5.27. The maximum atomic E-state index is 12.3. The normalized spacial score (nSPS) is 20.8. The van der Waals surface area contributed by atoms with Gasteiger partial charge in [0, 0.05) is 12.5 Å². The molecule has 2 aliphatic rings. The van der Waals surface area contributed by atoms with Gasteiger partial charge in [0.1, 0.15) is 0 Å². The van der Waals surface area contributed by atoms with Crippen molar-refractivity contribution in [1.82, 2.24) is 10.6 Å². The average molecular weight is 355 g/mol. The van der Waals surface area contributed by atoms with Crippen LogP contribution in [0.2, 0.25) is 0 Å². The molecule has 0 aromatic heterocycles. The number of carbonyl (C=O) groups is 1. The van der Waals surface area contributed by atoms with Gasteiger partial charge in [-0.1, -0.05) is 6.07 Å². The molecule has 1 unspecified atom stereocenters. The number of benzene rings is 1. The van der Waals surface area contributed by atoms with Crippen molar-refractivity contribution in [3.8, 4) is 11.5 Å². The van der Waals surface area contributed by atoms with E-state index < -0.39 is 0 Å². The van der Waals surface area contributed by atoms with Gasteiger partial charge in [0.25, 0.3) is 0 Å². The van der Waals surface area contributed by atoms with E-state index in [9.17, 15) is 4.79 Å². The van der Waals surface area contributed by atoms with E-state index in [2.05, 4.69) is 10.6 Å². The van der Waals surface area contributed by atoms with Crippen LogP contribution in [-0.4, -0.2) is 39.8 Å². The van der Waals surface area contributed by atoms with E-state index >= 15 is 0 Å². The summed E-state index contributed by atoms with van der Waals surface area (Å²) in [5.74, 6) is 1.92. The summed E-state index contributed by atoms with van der Waals surface area (Å²) in [6.07, 6.45) is 4.14. The molecule has 134 valence electrons. The van der Waals surface area contributed by atoms with Crippen LogP contribution in [0.3, 0.4) is 0 Å². The Labute approximate surface area is 149 Å². The lowest BCUT2D eigenvalue weighted by Crippen LogP contribution is -2.34. The fourth-order valence-electron chi connectivity index (χ4n) is 3.69. The Balaban J connectivity index is 0.00000208. The first-order valence-electron chi connectivity index (χ1n) is 8.38. The largest absolute Gasteiger partial charge is 0.493 e. The van der Waals surface area contributed by atoms with E-state index in [0.29, 0.717) is 12.0 Å². The summed E-state index contributed by atoms with van der Waals surface area (Å²) < 4.78 is 10.5. The monoisotopic (exact) mass is 354 g/mol. The van der Waals surface area contributed by atoms with Crippen molar-refractivity contribution in [3.05, 3.63) is 23.8 Å². The highest BCUT2D eigenvalue weighted by Crippen LogP contribution is 2.58. The van der Waals surface area contributed by atoms with Gasteiger partial charge < -0.3 is 20.1 Å². The Morgan fingerprint density at radius 2 is 1.96 bits per heavy atom. The minimum absolute atomic E-state index is 0. The molecule has 1 amide bonds. The highest BCUT2D eigenvalue weighted by Gasteiger charge is 2.57. The SMILES string of the molecule is COc1ccc(CCNC(=O)C2CC23CCNCC3)cc1OC.Cl. The van der Waals surface area contributed by atoms with Crippen molar-refractivity contribution < 1.29 is 14.3 Å². The fourth-order valence-corrected chi connectivity index (χ4v) is 3.69. The lowest BCUT2D eigenvalue weighted by Gasteiger charge is -2.23. The van der Waals surface area contributed by atoms with Crippen LogP contribution in [0.15, 0.2) is 18.2 Å². The van der Waals surface area contributed by atoms with Gasteiger partial charge in [-0.25, -0.2) is 0 Å². The number of ether oxygens (including phenoxy) is 2. The van der Waals surface area contributed by atoms with Crippen molar-refractivity contribution >= 4 is 18.3 Å². The quantitative estimate of drug-likeness (QED) is 0.822. The summed E-state index contributed by atoms with van der Waals surface area (Å²) in [7, 11) is 3.26. The second kappa shape index (κ2) is 8.08. The zero-order chi connectivity index (χ0) is 16.3. The maximum Gasteiger partial charge on any atom is 0.223 e. The number of piperidine rings is 1. The Morgan fingerprint density at radius 1 is 1.25 bits per heavy atom. The molecule has 1 aliphatic heterocycles. The van der Waals surface area contributed by atoms with Gasteiger partial charge in [-0.15, -0.1) is 12.4 Å². The summed E-state index contributed by atoms with van der Waals surface area (Å²) in [4.78, 5) is 12.3. The van der Waals surface area contributed by atoms with Crippen LogP contribution in [0.5, 0.6) is 11.5 Å². The molecule has 5 nitrogen and oxygen atoms in total. The van der Waals surface area contributed by atoms with Gasteiger partial charge >= 0.3 is 0 Å². The van der Waals surface area contributed by atoms with E-state index in [-0.39, 0.29) is 24.2 Å². The van der Waals surface area contributed by atoms with Gasteiger partial charge in [0.15, 0.2) is 11.5 Å². The number of methoxy groups -OCH3 is 2. The highest BCUT2D eigenvalue weighted by atomic mass is 35.5. The molecule has 3 rings (SSSR count). The fraction of sp³-hybridized carbons (Fsp3) is 0.611. The van der Waals surface area contributed by atoms with Gasteiger partial charge in [0.05, 0.1) is 14.2 Å². The molecule has 0 radical (unpaired) electrons. The number of amides is 1. The lowest BCUT2D eigenvalue weighted by molar-refractivity contribution is -0.123. The van der Waals surface area contributed by atoms with Gasteiger partial charge in [-0.3, -0.25) is 4.79 Å². The molecule has 24 heavy (non-hydrogen) atoms. The summed E-state index contributed by atoms with van der Waals surface area (Å²) in [6.45, 7) is 2.77. The molecule has 1 aromatic carbocycles. The van der Waals surface area contributed by atoms with E-state index in [1.807, 2.05) is 18.2 Å². The predicted molar refractivity (Wildman–Crippen MR) is 96.2 cm³/mol. The van der Waals surface area contributed by atoms with Crippen molar-refractivity contribution in [2.75, 3.05) is 33.9 Å². The smallest absolute Gasteiger partial charge is 0.223 e. The molecule has 2 fully saturated rings. The zero-order valence-electron chi connectivity index (χ0n) is 14.4. The van der Waals surface area contributed by atoms with Crippen molar-refractivity contribution in [2.45, 2.75) is 25.7 Å². The van der Waals surface area contributed by atoms with E-state index in [0.717, 1.165) is 55.8 Å². The van der Waals surface area contributed by atoms with Crippen LogP contribution in [-0.2, 0) is 11.2 Å². The van der Waals surface area contributed by atoms with Gasteiger partial charge in [0.2, 0.25) is 5.91 Å². The molecular weight excluding hydrogens is 328 g/mol. The molecule has 6 heteroatoms. The zero-order valence-corrected chi connectivity index (χ0v) is 15.2. The second-order valence-electron chi connectivity index (χ2n) is 6.60. The van der Waals surface area contributed by atoms with Crippen LogP contribution >= 0.6 is 12.4 Å². The number of rotatable bonds is 6. The van der Waals surface area contributed by atoms with Crippen molar-refractivity contribution in [3.63, 3.8) is 0 Å². The summed E-state index contributed by atoms with van der Waals surface area (Å²) in [5, 5.41) is 6.47. The third-order valence-electron chi connectivity index (χ3n) is 5.27. The van der Waals surface area contributed by atoms with Crippen LogP contribution in [0.4, 0.5) is 0 Å².